The van der Waals surface area contributed by atoms with Gasteiger partial charge in [-0.3, -0.25) is 14.4 Å². The maximum atomic E-state index is 13.0. The zero-order chi connectivity index (χ0) is 25.0. The summed E-state index contributed by atoms with van der Waals surface area (Å²) < 4.78 is 0. The number of thiol groups is 1. The SMILES string of the molecule is CCC(C)C(NC(=O)C(CCSC)NC(=O)C(N)Cc1cnc[nH]1)C(=O)NC(CS)C(=O)O. The van der Waals surface area contributed by atoms with Gasteiger partial charge in [-0.25, -0.2) is 9.78 Å². The maximum absolute atomic E-state index is 13.0. The number of hydrogen-bond donors (Lipinski definition) is 7. The van der Waals surface area contributed by atoms with Crippen molar-refractivity contribution in [1.29, 1.82) is 0 Å². The number of carbonyl (C=O) groups is 4. The van der Waals surface area contributed by atoms with Crippen LogP contribution in [-0.2, 0) is 25.6 Å². The molecule has 0 saturated heterocycles. The Bertz CT molecular complexity index is 779. The van der Waals surface area contributed by atoms with Gasteiger partial charge < -0.3 is 31.8 Å². The first kappa shape index (κ1) is 28.8. The lowest BCUT2D eigenvalue weighted by Gasteiger charge is -2.28. The molecule has 1 heterocycles. The third-order valence-corrected chi connectivity index (χ3v) is 6.17. The Morgan fingerprint density at radius 3 is 2.36 bits per heavy atom. The summed E-state index contributed by atoms with van der Waals surface area (Å²) in [6.45, 7) is 3.63. The van der Waals surface area contributed by atoms with Gasteiger partial charge in [0.05, 0.1) is 12.4 Å². The molecule has 0 saturated carbocycles. The smallest absolute Gasteiger partial charge is 0.327 e. The molecule has 7 N–H and O–H groups in total. The minimum atomic E-state index is -1.22. The van der Waals surface area contributed by atoms with Gasteiger partial charge in [-0.2, -0.15) is 24.4 Å². The zero-order valence-corrected chi connectivity index (χ0v) is 20.7. The first-order valence-corrected chi connectivity index (χ1v) is 12.6. The standard InChI is InChI=1S/C20H34N6O5S2/c1-4-11(2)16(19(29)25-15(9-32)20(30)31)26-18(28)14(5-6-33-3)24-17(27)13(21)7-12-8-22-10-23-12/h8,10-11,13-16,32H,4-7,9,21H2,1-3H3,(H,22,23)(H,24,27)(H,25,29)(H,26,28)(H,30,31). The van der Waals surface area contributed by atoms with E-state index in [1.165, 1.54) is 18.1 Å². The molecule has 13 heteroatoms. The third kappa shape index (κ3) is 9.64. The highest BCUT2D eigenvalue weighted by Crippen LogP contribution is 2.11. The zero-order valence-electron chi connectivity index (χ0n) is 19.0. The lowest BCUT2D eigenvalue weighted by molar-refractivity contribution is -0.142. The van der Waals surface area contributed by atoms with Crippen LogP contribution in [0.5, 0.6) is 0 Å². The fourth-order valence-electron chi connectivity index (χ4n) is 2.91. The molecule has 5 unspecified atom stereocenters. The van der Waals surface area contributed by atoms with Crippen LogP contribution in [0, 0.1) is 5.92 Å². The Kier molecular flexibility index (Phi) is 12.9. The average molecular weight is 503 g/mol. The highest BCUT2D eigenvalue weighted by Gasteiger charge is 2.32. The van der Waals surface area contributed by atoms with Gasteiger partial charge in [0.15, 0.2) is 0 Å². The van der Waals surface area contributed by atoms with E-state index < -0.39 is 47.9 Å². The summed E-state index contributed by atoms with van der Waals surface area (Å²) in [5, 5.41) is 17.0. The third-order valence-electron chi connectivity index (χ3n) is 5.17. The molecule has 186 valence electrons. The lowest BCUT2D eigenvalue weighted by atomic mass is 9.97. The minimum Gasteiger partial charge on any atom is -0.480 e. The summed E-state index contributed by atoms with van der Waals surface area (Å²) in [4.78, 5) is 56.4. The molecule has 0 aliphatic carbocycles. The number of carboxylic acid groups (broad SMARTS) is 1. The molecule has 0 fully saturated rings. The minimum absolute atomic E-state index is 0.0944. The van der Waals surface area contributed by atoms with Crippen LogP contribution in [-0.4, -0.2) is 80.7 Å². The molecular weight excluding hydrogens is 468 g/mol. The van der Waals surface area contributed by atoms with E-state index in [1.807, 2.05) is 13.2 Å². The van der Waals surface area contributed by atoms with Crippen molar-refractivity contribution in [3.05, 3.63) is 18.2 Å². The Hall–Kier alpha value is -2.25. The largest absolute Gasteiger partial charge is 0.480 e. The van der Waals surface area contributed by atoms with Crippen LogP contribution in [0.3, 0.4) is 0 Å². The van der Waals surface area contributed by atoms with Gasteiger partial charge in [-0.1, -0.05) is 20.3 Å². The van der Waals surface area contributed by atoms with Crippen LogP contribution in [0.4, 0.5) is 0 Å². The molecule has 1 aromatic heterocycles. The van der Waals surface area contributed by atoms with Gasteiger partial charge in [0.25, 0.3) is 0 Å². The van der Waals surface area contributed by atoms with Gasteiger partial charge in [-0.15, -0.1) is 0 Å². The molecule has 3 amide bonds. The number of amides is 3. The topological polar surface area (TPSA) is 179 Å². The predicted molar refractivity (Wildman–Crippen MR) is 130 cm³/mol. The van der Waals surface area contributed by atoms with E-state index >= 15 is 0 Å². The number of nitrogens with one attached hydrogen (secondary N) is 4. The lowest BCUT2D eigenvalue weighted by Crippen LogP contribution is -2.59. The van der Waals surface area contributed by atoms with Crippen molar-refractivity contribution in [2.75, 3.05) is 17.8 Å². The van der Waals surface area contributed by atoms with E-state index in [-0.39, 0.29) is 18.1 Å². The normalized spacial score (nSPS) is 15.5. The Labute approximate surface area is 203 Å². The van der Waals surface area contributed by atoms with E-state index in [2.05, 4.69) is 38.5 Å². The van der Waals surface area contributed by atoms with Crippen LogP contribution in [0.1, 0.15) is 32.4 Å². The first-order valence-electron chi connectivity index (χ1n) is 10.6. The molecule has 1 rings (SSSR count). The summed E-state index contributed by atoms with van der Waals surface area (Å²) in [5.74, 6) is -2.66. The quantitative estimate of drug-likeness (QED) is 0.158. The molecule has 0 bridgehead atoms. The molecule has 0 aromatic carbocycles. The Balaban J connectivity index is 2.91. The fraction of sp³-hybridized carbons (Fsp3) is 0.650. The highest BCUT2D eigenvalue weighted by atomic mass is 32.2. The van der Waals surface area contributed by atoms with Crippen molar-refractivity contribution >= 4 is 48.1 Å². The van der Waals surface area contributed by atoms with Gasteiger partial charge in [0, 0.05) is 24.1 Å². The number of rotatable bonds is 15. The predicted octanol–water partition coefficient (Wildman–Crippen LogP) is -0.452. The molecular formula is C20H34N6O5S2. The molecule has 0 aliphatic rings. The van der Waals surface area contributed by atoms with Crippen LogP contribution in [0.25, 0.3) is 0 Å². The maximum Gasteiger partial charge on any atom is 0.327 e. The van der Waals surface area contributed by atoms with Crippen molar-refractivity contribution in [1.82, 2.24) is 25.9 Å². The van der Waals surface area contributed by atoms with Crippen molar-refractivity contribution < 1.29 is 24.3 Å². The summed E-state index contributed by atoms with van der Waals surface area (Å²) in [6.07, 6.45) is 6.04. The molecule has 11 nitrogen and oxygen atoms in total. The van der Waals surface area contributed by atoms with Crippen molar-refractivity contribution in [3.8, 4) is 0 Å². The fourth-order valence-corrected chi connectivity index (χ4v) is 3.63. The van der Waals surface area contributed by atoms with E-state index in [4.69, 9.17) is 5.73 Å². The number of thioether (sulfide) groups is 1. The number of H-pyrrole nitrogens is 1. The Morgan fingerprint density at radius 2 is 1.85 bits per heavy atom. The second kappa shape index (κ2) is 14.8. The van der Waals surface area contributed by atoms with Gasteiger partial charge in [-0.05, 0) is 24.3 Å². The number of nitrogens with zero attached hydrogens (tertiary/aromatic N) is 1. The molecule has 0 aliphatic heterocycles. The molecule has 5 atom stereocenters. The van der Waals surface area contributed by atoms with E-state index in [0.29, 0.717) is 24.3 Å². The summed E-state index contributed by atoms with van der Waals surface area (Å²) >= 11 is 5.46. The van der Waals surface area contributed by atoms with Crippen LogP contribution in [0.15, 0.2) is 12.5 Å². The summed E-state index contributed by atoms with van der Waals surface area (Å²) in [5.41, 5.74) is 6.67. The molecule has 0 radical (unpaired) electrons. The van der Waals surface area contributed by atoms with Crippen molar-refractivity contribution in [2.24, 2.45) is 11.7 Å². The number of aliphatic carboxylic acids is 1. The second-order valence-electron chi connectivity index (χ2n) is 7.68. The molecule has 1 aromatic rings. The number of aromatic nitrogens is 2. The van der Waals surface area contributed by atoms with E-state index in [1.54, 1.807) is 13.1 Å². The molecule has 0 spiro atoms. The van der Waals surface area contributed by atoms with Gasteiger partial charge in [0.2, 0.25) is 17.7 Å². The number of carboxylic acids is 1. The van der Waals surface area contributed by atoms with Gasteiger partial charge in [0.1, 0.15) is 18.1 Å². The number of nitrogens with two attached hydrogens (primary N) is 1. The number of carbonyl (C=O) groups excluding carboxylic acids is 3. The van der Waals surface area contributed by atoms with E-state index in [9.17, 15) is 24.3 Å². The number of imidazole rings is 1. The summed E-state index contributed by atoms with van der Waals surface area (Å²) in [7, 11) is 0. The monoisotopic (exact) mass is 502 g/mol. The summed E-state index contributed by atoms with van der Waals surface area (Å²) in [6, 6.07) is -3.96. The Morgan fingerprint density at radius 1 is 1.18 bits per heavy atom. The van der Waals surface area contributed by atoms with E-state index in [0.717, 1.165) is 0 Å². The van der Waals surface area contributed by atoms with Crippen LogP contribution >= 0.6 is 24.4 Å². The first-order chi connectivity index (χ1) is 15.6. The molecule has 33 heavy (non-hydrogen) atoms. The van der Waals surface area contributed by atoms with Gasteiger partial charge >= 0.3 is 5.97 Å². The van der Waals surface area contributed by atoms with Crippen molar-refractivity contribution in [3.63, 3.8) is 0 Å². The van der Waals surface area contributed by atoms with Crippen LogP contribution < -0.4 is 21.7 Å². The van der Waals surface area contributed by atoms with Crippen LogP contribution in [0.2, 0.25) is 0 Å². The van der Waals surface area contributed by atoms with Crippen molar-refractivity contribution in [2.45, 2.75) is 57.3 Å². The number of hydrogen-bond acceptors (Lipinski definition) is 8. The highest BCUT2D eigenvalue weighted by molar-refractivity contribution is 7.98. The second-order valence-corrected chi connectivity index (χ2v) is 9.03. The number of aromatic amines is 1. The average Bonchev–Trinajstić information content (AvgIpc) is 3.30.